The maximum atomic E-state index is 12.9. The van der Waals surface area contributed by atoms with Crippen molar-refractivity contribution in [3.8, 4) is 11.6 Å². The lowest BCUT2D eigenvalue weighted by molar-refractivity contribution is 0.0599. The van der Waals surface area contributed by atoms with Crippen molar-refractivity contribution in [2.45, 2.75) is 89.1 Å². The smallest absolute Gasteiger partial charge is 0.337 e. The van der Waals surface area contributed by atoms with Crippen LogP contribution in [0.5, 0.6) is 0 Å². The molecule has 8 rings (SSSR count). The summed E-state index contributed by atoms with van der Waals surface area (Å²) < 4.78 is 14.8. The van der Waals surface area contributed by atoms with Crippen LogP contribution in [-0.2, 0) is 9.47 Å². The number of aromatic carboxylic acids is 1. The molecule has 17 heteroatoms. The van der Waals surface area contributed by atoms with Gasteiger partial charge in [0, 0.05) is 75.4 Å². The van der Waals surface area contributed by atoms with Gasteiger partial charge in [-0.15, -0.1) is 38.0 Å². The standard InChI is InChI=1S/C25H35N5O2.C16H30N2O.C9H7N3O2.2ClH/c1-2-14-32-18-20-6-5-12-29(16-20)17-22-7-3-4-8-23(22)28-25(31)21-9-10-24(27-15-21)30-13-11-26-19-30;1-2-10-19-13-14-6-5-9-18(11-14)12-15-7-3-4-8-16(15)17;13-9(14)7-1-2-8(11-5-7)12-4-3-10-6-12;;/h2,9-11,13,15,19-20,22-23H,1,3-8,12,14,16-18H2,(H,28,31);2,14-16H,1,3-13,17H2;1-6H,(H,13,14);2*1H/t20-,22?,23?;14-,15?,16?;;;/m11.../s1. The number of hydrogen-bond acceptors (Lipinski definition) is 11. The third-order valence-electron chi connectivity index (χ3n) is 13.1. The van der Waals surface area contributed by atoms with Crippen molar-refractivity contribution in [3.63, 3.8) is 0 Å². The number of rotatable bonds is 17. The minimum Gasteiger partial charge on any atom is -0.478 e. The number of carboxylic acids is 1. The quantitative estimate of drug-likeness (QED) is 0.0695. The average Bonchev–Trinajstić information content (AvgIpc) is 4.08. The Labute approximate surface area is 409 Å². The molecule has 4 fully saturated rings. The van der Waals surface area contributed by atoms with Gasteiger partial charge >= 0.3 is 5.97 Å². The Kier molecular flexibility index (Phi) is 24.8. The van der Waals surface area contributed by atoms with Crippen LogP contribution in [0, 0.1) is 23.7 Å². The molecule has 6 heterocycles. The highest BCUT2D eigenvalue weighted by atomic mass is 35.5. The Morgan fingerprint density at radius 2 is 1.21 bits per heavy atom. The maximum Gasteiger partial charge on any atom is 0.337 e. The Balaban J connectivity index is 0.000000238. The minimum absolute atomic E-state index is 0. The number of amides is 1. The first kappa shape index (κ1) is 55.1. The van der Waals surface area contributed by atoms with Gasteiger partial charge in [-0.25, -0.2) is 24.7 Å². The van der Waals surface area contributed by atoms with E-state index in [0.29, 0.717) is 48.4 Å². The van der Waals surface area contributed by atoms with Crippen LogP contribution in [0.2, 0.25) is 0 Å². The van der Waals surface area contributed by atoms with Gasteiger partial charge in [0.15, 0.2) is 0 Å². The molecule has 368 valence electrons. The van der Waals surface area contributed by atoms with Crippen LogP contribution in [0.15, 0.2) is 99.4 Å². The number of piperidine rings is 2. The zero-order valence-corrected chi connectivity index (χ0v) is 40.7. The molecule has 2 aliphatic carbocycles. The topological polar surface area (TPSA) is 179 Å². The summed E-state index contributed by atoms with van der Waals surface area (Å²) in [5, 5.41) is 12.0. The molecule has 0 aromatic carbocycles. The molecular weight excluding hydrogens is 892 g/mol. The van der Waals surface area contributed by atoms with Gasteiger partial charge in [0.1, 0.15) is 24.3 Å². The second-order valence-corrected chi connectivity index (χ2v) is 18.1. The van der Waals surface area contributed by atoms with Crippen LogP contribution in [0.1, 0.15) is 97.8 Å². The van der Waals surface area contributed by atoms with E-state index in [1.165, 1.54) is 103 Å². The van der Waals surface area contributed by atoms with E-state index in [0.717, 1.165) is 51.0 Å². The van der Waals surface area contributed by atoms with Crippen LogP contribution in [-0.4, -0.2) is 134 Å². The van der Waals surface area contributed by atoms with Crippen LogP contribution < -0.4 is 11.1 Å². The van der Waals surface area contributed by atoms with E-state index in [1.54, 1.807) is 48.1 Å². The summed E-state index contributed by atoms with van der Waals surface area (Å²) in [6.45, 7) is 17.4. The molecule has 0 spiro atoms. The number of ether oxygens (including phenoxy) is 2. The zero-order valence-electron chi connectivity index (χ0n) is 39.1. The molecule has 4 N–H and O–H groups in total. The average molecular weight is 966 g/mol. The van der Waals surface area contributed by atoms with Crippen molar-refractivity contribution in [2.24, 2.45) is 29.4 Å². The highest BCUT2D eigenvalue weighted by Crippen LogP contribution is 2.29. The summed E-state index contributed by atoms with van der Waals surface area (Å²) in [7, 11) is 0. The SMILES string of the molecule is C=CCOC[C@@H]1CCCN(CC2CCCCC2N)C1.C=CCOC[C@@H]1CCCN(CC2CCCCC2NC(=O)c2ccc(-n3ccnc3)nc2)C1.Cl.Cl.O=C(O)c1ccc(-n2ccnc2)nc1. The normalized spacial score (nSPS) is 23.1. The fourth-order valence-corrected chi connectivity index (χ4v) is 9.66. The predicted octanol–water partition coefficient (Wildman–Crippen LogP) is 7.70. The van der Waals surface area contributed by atoms with E-state index in [4.69, 9.17) is 20.3 Å². The lowest BCUT2D eigenvalue weighted by atomic mass is 9.83. The van der Waals surface area contributed by atoms with E-state index in [-0.39, 0.29) is 42.3 Å². The van der Waals surface area contributed by atoms with E-state index in [9.17, 15) is 9.59 Å². The van der Waals surface area contributed by atoms with Crippen molar-refractivity contribution in [2.75, 3.05) is 65.7 Å². The van der Waals surface area contributed by atoms with Gasteiger partial charge in [-0.3, -0.25) is 13.9 Å². The number of nitrogens with one attached hydrogen (secondary N) is 1. The van der Waals surface area contributed by atoms with Gasteiger partial charge < -0.3 is 35.4 Å². The van der Waals surface area contributed by atoms with Gasteiger partial charge in [-0.2, -0.15) is 0 Å². The Morgan fingerprint density at radius 3 is 1.69 bits per heavy atom. The molecule has 1 amide bonds. The summed E-state index contributed by atoms with van der Waals surface area (Å²) >= 11 is 0. The molecule has 4 aromatic heterocycles. The molecule has 4 aromatic rings. The van der Waals surface area contributed by atoms with Crippen molar-refractivity contribution in [1.29, 1.82) is 0 Å². The molecule has 4 aliphatic rings. The number of carbonyl (C=O) groups excluding carboxylic acids is 1. The number of halogens is 2. The van der Waals surface area contributed by atoms with Crippen LogP contribution in [0.3, 0.4) is 0 Å². The molecular formula is C50H74Cl2N10O5. The first-order chi connectivity index (χ1) is 31.8. The second-order valence-electron chi connectivity index (χ2n) is 18.1. The molecule has 0 bridgehead atoms. The molecule has 4 unspecified atom stereocenters. The van der Waals surface area contributed by atoms with E-state index < -0.39 is 5.97 Å². The fourth-order valence-electron chi connectivity index (χ4n) is 9.66. The monoisotopic (exact) mass is 965 g/mol. The number of hydrogen-bond donors (Lipinski definition) is 3. The molecule has 0 radical (unpaired) electrons. The van der Waals surface area contributed by atoms with E-state index in [1.807, 2.05) is 35.0 Å². The van der Waals surface area contributed by atoms with Crippen molar-refractivity contribution >= 4 is 36.7 Å². The van der Waals surface area contributed by atoms with Crippen molar-refractivity contribution in [1.82, 2.24) is 44.2 Å². The van der Waals surface area contributed by atoms with Crippen molar-refractivity contribution in [3.05, 3.63) is 111 Å². The number of nitrogens with two attached hydrogens (primary N) is 1. The molecule has 6 atom stereocenters. The van der Waals surface area contributed by atoms with Crippen LogP contribution in [0.25, 0.3) is 11.6 Å². The minimum atomic E-state index is -0.977. The van der Waals surface area contributed by atoms with Gasteiger partial charge in [0.2, 0.25) is 0 Å². The van der Waals surface area contributed by atoms with E-state index in [2.05, 4.69) is 48.2 Å². The third-order valence-corrected chi connectivity index (χ3v) is 13.1. The summed E-state index contributed by atoms with van der Waals surface area (Å²) in [4.78, 5) is 45.0. The van der Waals surface area contributed by atoms with Gasteiger partial charge in [0.05, 0.1) is 37.6 Å². The number of carbonyl (C=O) groups is 2. The first-order valence-electron chi connectivity index (χ1n) is 23.8. The second kappa shape index (κ2) is 30.1. The first-order valence-corrected chi connectivity index (χ1v) is 23.8. The summed E-state index contributed by atoms with van der Waals surface area (Å²) in [5.74, 6) is 2.92. The third kappa shape index (κ3) is 18.2. The number of likely N-dealkylation sites (tertiary alicyclic amines) is 2. The number of aromatic nitrogens is 6. The van der Waals surface area contributed by atoms with Crippen LogP contribution in [0.4, 0.5) is 0 Å². The lowest BCUT2D eigenvalue weighted by Crippen LogP contribution is -2.48. The Morgan fingerprint density at radius 1 is 0.701 bits per heavy atom. The Bertz CT molecular complexity index is 1990. The van der Waals surface area contributed by atoms with Gasteiger partial charge in [-0.1, -0.05) is 37.8 Å². The number of nitrogens with zero attached hydrogens (tertiary/aromatic N) is 8. The highest BCUT2D eigenvalue weighted by molar-refractivity contribution is 5.94. The number of imidazole rings is 2. The maximum absolute atomic E-state index is 12.9. The molecule has 2 aliphatic heterocycles. The zero-order chi connectivity index (χ0) is 45.6. The fraction of sp³-hybridized carbons (Fsp3) is 0.560. The molecule has 2 saturated heterocycles. The van der Waals surface area contributed by atoms with Crippen LogP contribution >= 0.6 is 24.8 Å². The largest absolute Gasteiger partial charge is 0.478 e. The molecule has 15 nitrogen and oxygen atoms in total. The summed E-state index contributed by atoms with van der Waals surface area (Å²) in [5.41, 5.74) is 7.05. The highest BCUT2D eigenvalue weighted by Gasteiger charge is 2.31. The number of pyridine rings is 2. The predicted molar refractivity (Wildman–Crippen MR) is 268 cm³/mol. The molecule has 67 heavy (non-hydrogen) atoms. The lowest BCUT2D eigenvalue weighted by Gasteiger charge is -2.39. The Hall–Kier alpha value is -4.48. The summed E-state index contributed by atoms with van der Waals surface area (Å²) in [6.07, 6.45) is 31.8. The summed E-state index contributed by atoms with van der Waals surface area (Å²) in [6, 6.07) is 7.49. The van der Waals surface area contributed by atoms with Crippen molar-refractivity contribution < 1.29 is 24.2 Å². The van der Waals surface area contributed by atoms with Gasteiger partial charge in [0.25, 0.3) is 5.91 Å². The number of carboxylic acid groups (broad SMARTS) is 1. The molecule has 2 saturated carbocycles. The van der Waals surface area contributed by atoms with Gasteiger partial charge in [-0.05, 0) is 112 Å². The van der Waals surface area contributed by atoms with E-state index >= 15 is 0 Å².